The number of amides is 2. The largest absolute Gasteiger partial charge is 0.433 e. The molecule has 3 aromatic rings. The van der Waals surface area contributed by atoms with Gasteiger partial charge in [-0.15, -0.1) is 0 Å². The van der Waals surface area contributed by atoms with Crippen molar-refractivity contribution in [3.63, 3.8) is 0 Å². The first-order valence-electron chi connectivity index (χ1n) is 10.4. The summed E-state index contributed by atoms with van der Waals surface area (Å²) in [5.74, 6) is -0.739. The number of benzene rings is 1. The maximum atomic E-state index is 12.9. The van der Waals surface area contributed by atoms with Crippen LogP contribution in [0.25, 0.3) is 11.1 Å². The molecule has 4 rings (SSSR count). The number of nitriles is 1. The summed E-state index contributed by atoms with van der Waals surface area (Å²) in [4.78, 5) is 32.7. The number of nitrogens with one attached hydrogen (secondary N) is 2. The summed E-state index contributed by atoms with van der Waals surface area (Å²) in [6, 6.07) is 13.7. The highest BCUT2D eigenvalue weighted by Gasteiger charge is 2.32. The molecule has 172 valence electrons. The van der Waals surface area contributed by atoms with Crippen LogP contribution >= 0.6 is 0 Å². The molecule has 0 atom stereocenters. The molecule has 0 aliphatic heterocycles. The van der Waals surface area contributed by atoms with Crippen LogP contribution in [0.2, 0.25) is 0 Å². The molecule has 10 heteroatoms. The molecule has 1 aliphatic rings. The zero-order chi connectivity index (χ0) is 24.3. The molecule has 1 fully saturated rings. The first kappa shape index (κ1) is 22.9. The van der Waals surface area contributed by atoms with Gasteiger partial charge in [-0.25, -0.2) is 4.98 Å². The van der Waals surface area contributed by atoms with Crippen LogP contribution in [-0.2, 0) is 17.5 Å². The molecule has 2 aromatic heterocycles. The van der Waals surface area contributed by atoms with Crippen molar-refractivity contribution in [2.24, 2.45) is 5.92 Å². The fraction of sp³-hybridized carbons (Fsp3) is 0.208. The lowest BCUT2D eigenvalue weighted by molar-refractivity contribution is -0.141. The van der Waals surface area contributed by atoms with Crippen LogP contribution in [0.3, 0.4) is 0 Å². The third-order valence-electron chi connectivity index (χ3n) is 5.18. The van der Waals surface area contributed by atoms with Crippen LogP contribution in [0.4, 0.5) is 19.0 Å². The Morgan fingerprint density at radius 2 is 1.79 bits per heavy atom. The van der Waals surface area contributed by atoms with E-state index in [0.717, 1.165) is 30.7 Å². The number of carbonyl (C=O) groups excluding carboxylic acids is 2. The smallest absolute Gasteiger partial charge is 0.347 e. The van der Waals surface area contributed by atoms with Crippen LogP contribution in [0, 0.1) is 17.2 Å². The summed E-state index contributed by atoms with van der Waals surface area (Å²) >= 11 is 0. The van der Waals surface area contributed by atoms with Crippen LogP contribution in [0.5, 0.6) is 0 Å². The first-order chi connectivity index (χ1) is 16.2. The highest BCUT2D eigenvalue weighted by atomic mass is 19.4. The minimum absolute atomic E-state index is 0.0165. The Morgan fingerprint density at radius 3 is 2.38 bits per heavy atom. The normalized spacial score (nSPS) is 13.1. The number of halogens is 3. The number of carbonyl (C=O) groups is 2. The fourth-order valence-corrected chi connectivity index (χ4v) is 3.15. The van der Waals surface area contributed by atoms with Crippen molar-refractivity contribution in [1.29, 1.82) is 5.26 Å². The van der Waals surface area contributed by atoms with E-state index in [0.29, 0.717) is 16.7 Å². The number of rotatable bonds is 6. The summed E-state index contributed by atoms with van der Waals surface area (Å²) in [6.07, 6.45) is -1.97. The Kier molecular flexibility index (Phi) is 6.27. The molecule has 0 bridgehead atoms. The molecule has 34 heavy (non-hydrogen) atoms. The topological polar surface area (TPSA) is 108 Å². The van der Waals surface area contributed by atoms with E-state index >= 15 is 0 Å². The number of aromatic nitrogens is 2. The molecule has 1 saturated carbocycles. The van der Waals surface area contributed by atoms with Crippen molar-refractivity contribution in [1.82, 2.24) is 15.3 Å². The number of hydrogen-bond donors (Lipinski definition) is 2. The van der Waals surface area contributed by atoms with E-state index in [2.05, 4.69) is 20.6 Å². The summed E-state index contributed by atoms with van der Waals surface area (Å²) in [5, 5.41) is 14.3. The molecule has 1 aromatic carbocycles. The average Bonchev–Trinajstić information content (AvgIpc) is 3.68. The molecule has 2 heterocycles. The molecule has 2 N–H and O–H groups in total. The monoisotopic (exact) mass is 465 g/mol. The molecule has 0 unspecified atom stereocenters. The van der Waals surface area contributed by atoms with Gasteiger partial charge in [-0.1, -0.05) is 18.2 Å². The van der Waals surface area contributed by atoms with Gasteiger partial charge in [-0.2, -0.15) is 18.4 Å². The summed E-state index contributed by atoms with van der Waals surface area (Å²) in [7, 11) is 0. The van der Waals surface area contributed by atoms with Gasteiger partial charge >= 0.3 is 6.18 Å². The standard InChI is InChI=1S/C24H18F3N5O2/c25-24(26,27)20-8-7-17(13-29-20)18-9-19(31-21(10-18)32-22(33)16-5-6-16)23(34)30-12-15-3-1-14(11-28)2-4-15/h1-4,7-10,13,16H,5-6,12H2,(H,30,34)(H,31,32,33). The lowest BCUT2D eigenvalue weighted by Crippen LogP contribution is -2.24. The Hall–Kier alpha value is -4.26. The Bertz CT molecular complexity index is 1260. The molecule has 0 radical (unpaired) electrons. The van der Waals surface area contributed by atoms with Gasteiger partial charge in [0.25, 0.3) is 5.91 Å². The average molecular weight is 465 g/mol. The van der Waals surface area contributed by atoms with Gasteiger partial charge in [0.1, 0.15) is 17.2 Å². The van der Waals surface area contributed by atoms with Crippen molar-refractivity contribution in [3.8, 4) is 17.2 Å². The predicted octanol–water partition coefficient (Wildman–Crippen LogP) is 4.31. The van der Waals surface area contributed by atoms with Crippen LogP contribution in [0.1, 0.15) is 40.2 Å². The molecular weight excluding hydrogens is 447 g/mol. The Morgan fingerprint density at radius 1 is 1.06 bits per heavy atom. The fourth-order valence-electron chi connectivity index (χ4n) is 3.15. The van der Waals surface area contributed by atoms with E-state index in [-0.39, 0.29) is 29.9 Å². The van der Waals surface area contributed by atoms with Crippen LogP contribution in [0.15, 0.2) is 54.7 Å². The van der Waals surface area contributed by atoms with E-state index < -0.39 is 17.8 Å². The van der Waals surface area contributed by atoms with Gasteiger partial charge in [0.2, 0.25) is 5.91 Å². The van der Waals surface area contributed by atoms with Crippen LogP contribution in [-0.4, -0.2) is 21.8 Å². The Labute approximate surface area is 192 Å². The van der Waals surface area contributed by atoms with Gasteiger partial charge in [0.15, 0.2) is 0 Å². The zero-order valence-corrected chi connectivity index (χ0v) is 17.7. The van der Waals surface area contributed by atoms with E-state index in [4.69, 9.17) is 5.26 Å². The second-order valence-electron chi connectivity index (χ2n) is 7.81. The predicted molar refractivity (Wildman–Crippen MR) is 116 cm³/mol. The highest BCUT2D eigenvalue weighted by Crippen LogP contribution is 2.32. The second-order valence-corrected chi connectivity index (χ2v) is 7.81. The summed E-state index contributed by atoms with van der Waals surface area (Å²) in [5.41, 5.74) is 0.915. The number of pyridine rings is 2. The van der Waals surface area contributed by atoms with Crippen molar-refractivity contribution in [2.75, 3.05) is 5.32 Å². The molecule has 0 saturated heterocycles. The first-order valence-corrected chi connectivity index (χ1v) is 10.4. The van der Waals surface area contributed by atoms with Crippen molar-refractivity contribution < 1.29 is 22.8 Å². The van der Waals surface area contributed by atoms with Gasteiger partial charge in [-0.3, -0.25) is 14.6 Å². The third-order valence-corrected chi connectivity index (χ3v) is 5.18. The summed E-state index contributed by atoms with van der Waals surface area (Å²) < 4.78 is 38.6. The van der Waals surface area contributed by atoms with E-state index in [1.54, 1.807) is 24.3 Å². The number of nitrogens with zero attached hydrogens (tertiary/aromatic N) is 3. The third kappa shape index (κ3) is 5.56. The lowest BCUT2D eigenvalue weighted by atomic mass is 10.1. The zero-order valence-electron chi connectivity index (χ0n) is 17.7. The van der Waals surface area contributed by atoms with Gasteiger partial charge in [0, 0.05) is 24.2 Å². The van der Waals surface area contributed by atoms with Crippen molar-refractivity contribution >= 4 is 17.6 Å². The minimum atomic E-state index is -4.57. The van der Waals surface area contributed by atoms with E-state index in [1.165, 1.54) is 18.2 Å². The Balaban J connectivity index is 1.59. The maximum absolute atomic E-state index is 12.9. The SMILES string of the molecule is N#Cc1ccc(CNC(=O)c2cc(-c3ccc(C(F)(F)F)nc3)cc(NC(=O)C3CC3)n2)cc1. The van der Waals surface area contributed by atoms with Crippen molar-refractivity contribution in [2.45, 2.75) is 25.6 Å². The number of hydrogen-bond acceptors (Lipinski definition) is 5. The van der Waals surface area contributed by atoms with E-state index in [1.807, 2.05) is 6.07 Å². The van der Waals surface area contributed by atoms with Crippen molar-refractivity contribution in [3.05, 3.63) is 77.2 Å². The molecular formula is C24H18F3N5O2. The molecule has 1 aliphatic carbocycles. The number of alkyl halides is 3. The number of anilines is 1. The minimum Gasteiger partial charge on any atom is -0.347 e. The molecule has 2 amide bonds. The van der Waals surface area contributed by atoms with Gasteiger partial charge in [-0.05, 0) is 54.3 Å². The maximum Gasteiger partial charge on any atom is 0.433 e. The van der Waals surface area contributed by atoms with Crippen LogP contribution < -0.4 is 10.6 Å². The van der Waals surface area contributed by atoms with E-state index in [9.17, 15) is 22.8 Å². The molecule has 7 nitrogen and oxygen atoms in total. The lowest BCUT2D eigenvalue weighted by Gasteiger charge is -2.12. The highest BCUT2D eigenvalue weighted by molar-refractivity contribution is 5.97. The van der Waals surface area contributed by atoms with Gasteiger partial charge < -0.3 is 10.6 Å². The van der Waals surface area contributed by atoms with Gasteiger partial charge in [0.05, 0.1) is 11.6 Å². The summed E-state index contributed by atoms with van der Waals surface area (Å²) in [6.45, 7) is 0.169. The molecule has 0 spiro atoms. The quantitative estimate of drug-likeness (QED) is 0.564. The second kappa shape index (κ2) is 9.31.